The first-order valence-electron chi connectivity index (χ1n) is 10.9. The minimum Gasteiger partial charge on any atom is -0.490 e. The smallest absolute Gasteiger partial charge is 0.294 e. The predicted molar refractivity (Wildman–Crippen MR) is 134 cm³/mol. The van der Waals surface area contributed by atoms with Crippen LogP contribution in [0, 0.1) is 6.92 Å². The van der Waals surface area contributed by atoms with Gasteiger partial charge in [-0.2, -0.15) is 8.42 Å². The Morgan fingerprint density at radius 3 is 2.00 bits per heavy atom. The summed E-state index contributed by atoms with van der Waals surface area (Å²) in [6, 6.07) is 28.8. The van der Waals surface area contributed by atoms with Crippen molar-refractivity contribution in [2.45, 2.75) is 24.8 Å². The van der Waals surface area contributed by atoms with Crippen molar-refractivity contribution in [3.63, 3.8) is 0 Å². The normalized spacial score (nSPS) is 11.5. The molecular weight excluding hydrogens is 466 g/mol. The number of ether oxygens (including phenoxy) is 3. The molecule has 1 N–H and O–H groups in total. The van der Waals surface area contributed by atoms with E-state index < -0.39 is 10.1 Å². The van der Waals surface area contributed by atoms with Crippen molar-refractivity contribution in [3.8, 4) is 23.1 Å². The minimum absolute atomic E-state index is 0.0666. The summed E-state index contributed by atoms with van der Waals surface area (Å²) in [5.41, 5.74) is 0.956. The van der Waals surface area contributed by atoms with E-state index in [0.29, 0.717) is 12.5 Å². The highest BCUT2D eigenvalue weighted by Gasteiger charge is 2.07. The number of aryl methyl sites for hydroxylation is 1. The van der Waals surface area contributed by atoms with Gasteiger partial charge in [-0.05, 0) is 68.4 Å². The van der Waals surface area contributed by atoms with E-state index in [-0.39, 0.29) is 11.0 Å². The van der Waals surface area contributed by atoms with Crippen LogP contribution in [0.3, 0.4) is 0 Å². The monoisotopic (exact) mass is 493 g/mol. The molecule has 35 heavy (non-hydrogen) atoms. The second kappa shape index (κ2) is 12.5. The molecule has 4 aromatic rings. The molecular formula is C27H27NO6S. The largest absolute Gasteiger partial charge is 0.490 e. The number of para-hydroxylation sites is 1. The standard InChI is InChI=1S/C20H19NO3.C7H8O3S/c1-16(23-20-9-5-6-14-21-20)15-22-17-10-12-19(13-11-17)24-18-7-3-2-4-8-18;1-6-2-4-7(5-3-6)11(8,9)10/h2-14,16H,15H2,1H3;2-5H,1H3,(H,8,9,10). The maximum atomic E-state index is 10.5. The molecule has 182 valence electrons. The third kappa shape index (κ3) is 9.11. The van der Waals surface area contributed by atoms with Gasteiger partial charge in [0.15, 0.2) is 0 Å². The van der Waals surface area contributed by atoms with Crippen molar-refractivity contribution in [1.29, 1.82) is 0 Å². The summed E-state index contributed by atoms with van der Waals surface area (Å²) in [6.07, 6.45) is 1.61. The Morgan fingerprint density at radius 1 is 0.800 bits per heavy atom. The number of nitrogens with zero attached hydrogens (tertiary/aromatic N) is 1. The first-order chi connectivity index (χ1) is 16.8. The molecule has 0 fully saturated rings. The van der Waals surface area contributed by atoms with Crippen molar-refractivity contribution in [3.05, 3.63) is 109 Å². The van der Waals surface area contributed by atoms with Crippen LogP contribution < -0.4 is 14.2 Å². The highest BCUT2D eigenvalue weighted by Crippen LogP contribution is 2.23. The molecule has 7 nitrogen and oxygen atoms in total. The van der Waals surface area contributed by atoms with Gasteiger partial charge in [0.05, 0.1) is 4.90 Å². The molecule has 0 amide bonds. The zero-order valence-electron chi connectivity index (χ0n) is 19.4. The molecule has 0 spiro atoms. The first-order valence-corrected chi connectivity index (χ1v) is 12.3. The fourth-order valence-corrected chi connectivity index (χ4v) is 3.29. The van der Waals surface area contributed by atoms with Crippen LogP contribution in [0.1, 0.15) is 12.5 Å². The lowest BCUT2D eigenvalue weighted by Crippen LogP contribution is -2.21. The summed E-state index contributed by atoms with van der Waals surface area (Å²) in [6.45, 7) is 4.23. The fraction of sp³-hybridized carbons (Fsp3) is 0.148. The highest BCUT2D eigenvalue weighted by atomic mass is 32.2. The molecule has 0 aliphatic heterocycles. The van der Waals surface area contributed by atoms with E-state index in [0.717, 1.165) is 22.8 Å². The number of aromatic nitrogens is 1. The maximum absolute atomic E-state index is 10.5. The highest BCUT2D eigenvalue weighted by molar-refractivity contribution is 7.85. The second-order valence-corrected chi connectivity index (χ2v) is 9.00. The number of hydrogen-bond acceptors (Lipinski definition) is 6. The number of hydrogen-bond donors (Lipinski definition) is 1. The molecule has 8 heteroatoms. The third-order valence-corrected chi connectivity index (χ3v) is 5.43. The van der Waals surface area contributed by atoms with Gasteiger partial charge in [-0.3, -0.25) is 4.55 Å². The van der Waals surface area contributed by atoms with Crippen LogP contribution in [0.2, 0.25) is 0 Å². The lowest BCUT2D eigenvalue weighted by Gasteiger charge is -2.15. The van der Waals surface area contributed by atoms with Crippen LogP contribution in [0.4, 0.5) is 0 Å². The van der Waals surface area contributed by atoms with Crippen LogP contribution in [0.5, 0.6) is 23.1 Å². The van der Waals surface area contributed by atoms with E-state index in [2.05, 4.69) is 4.98 Å². The molecule has 0 aliphatic rings. The van der Waals surface area contributed by atoms with Gasteiger partial charge in [0.25, 0.3) is 10.1 Å². The molecule has 1 atom stereocenters. The molecule has 3 aromatic carbocycles. The minimum atomic E-state index is -4.02. The first kappa shape index (κ1) is 25.7. The van der Waals surface area contributed by atoms with Crippen LogP contribution in [0.15, 0.2) is 108 Å². The van der Waals surface area contributed by atoms with Gasteiger partial charge in [-0.15, -0.1) is 0 Å². The van der Waals surface area contributed by atoms with Gasteiger partial charge >= 0.3 is 0 Å². The maximum Gasteiger partial charge on any atom is 0.294 e. The quantitative estimate of drug-likeness (QED) is 0.303. The van der Waals surface area contributed by atoms with Crippen LogP contribution >= 0.6 is 0 Å². The summed E-state index contributed by atoms with van der Waals surface area (Å²) >= 11 is 0. The average molecular weight is 494 g/mol. The SMILES string of the molecule is CC(COc1ccc(Oc2ccccc2)cc1)Oc1ccccn1.Cc1ccc(S(=O)(=O)O)cc1. The van der Waals surface area contributed by atoms with Crippen LogP contribution in [0.25, 0.3) is 0 Å². The molecule has 1 unspecified atom stereocenters. The molecule has 1 aromatic heterocycles. The Bertz CT molecular complexity index is 1260. The van der Waals surface area contributed by atoms with E-state index in [1.807, 2.05) is 86.6 Å². The van der Waals surface area contributed by atoms with Gasteiger partial charge in [-0.25, -0.2) is 4.98 Å². The zero-order valence-corrected chi connectivity index (χ0v) is 20.3. The number of pyridine rings is 1. The third-order valence-electron chi connectivity index (χ3n) is 4.57. The Hall–Kier alpha value is -3.88. The summed E-state index contributed by atoms with van der Waals surface area (Å²) < 4.78 is 46.7. The topological polar surface area (TPSA) is 95.0 Å². The molecule has 0 radical (unpaired) electrons. The fourth-order valence-electron chi connectivity index (χ4n) is 2.81. The summed E-state index contributed by atoms with van der Waals surface area (Å²) in [4.78, 5) is 4.06. The van der Waals surface area contributed by atoms with E-state index in [4.69, 9.17) is 18.8 Å². The summed E-state index contributed by atoms with van der Waals surface area (Å²) in [5, 5.41) is 0. The van der Waals surface area contributed by atoms with Gasteiger partial charge in [0, 0.05) is 12.3 Å². The Morgan fingerprint density at radius 2 is 1.40 bits per heavy atom. The second-order valence-electron chi connectivity index (χ2n) is 7.58. The summed E-state index contributed by atoms with van der Waals surface area (Å²) in [7, 11) is -4.02. The molecule has 0 bridgehead atoms. The van der Waals surface area contributed by atoms with Gasteiger partial charge < -0.3 is 14.2 Å². The molecule has 4 rings (SSSR count). The Labute approximate surface area is 205 Å². The van der Waals surface area contributed by atoms with E-state index in [1.54, 1.807) is 18.3 Å². The lowest BCUT2D eigenvalue weighted by atomic mass is 10.2. The van der Waals surface area contributed by atoms with Gasteiger partial charge in [0.1, 0.15) is 30.0 Å². The van der Waals surface area contributed by atoms with Crippen molar-refractivity contribution in [2.75, 3.05) is 6.61 Å². The van der Waals surface area contributed by atoms with Crippen molar-refractivity contribution >= 4 is 10.1 Å². The molecule has 1 heterocycles. The van der Waals surface area contributed by atoms with E-state index in [9.17, 15) is 8.42 Å². The number of rotatable bonds is 8. The van der Waals surface area contributed by atoms with Crippen LogP contribution in [-0.4, -0.2) is 30.7 Å². The van der Waals surface area contributed by atoms with Crippen molar-refractivity contribution < 1.29 is 27.2 Å². The molecule has 0 saturated heterocycles. The Kier molecular flexibility index (Phi) is 9.23. The lowest BCUT2D eigenvalue weighted by molar-refractivity contribution is 0.138. The predicted octanol–water partition coefficient (Wildman–Crippen LogP) is 5.96. The number of benzene rings is 3. The Balaban J connectivity index is 0.000000261. The van der Waals surface area contributed by atoms with Crippen molar-refractivity contribution in [2.24, 2.45) is 0 Å². The van der Waals surface area contributed by atoms with Gasteiger partial charge in [0.2, 0.25) is 5.88 Å². The molecule has 0 saturated carbocycles. The zero-order chi connectivity index (χ0) is 25.1. The van der Waals surface area contributed by atoms with Crippen molar-refractivity contribution in [1.82, 2.24) is 4.98 Å². The van der Waals surface area contributed by atoms with E-state index >= 15 is 0 Å². The molecule has 0 aliphatic carbocycles. The van der Waals surface area contributed by atoms with Crippen LogP contribution in [-0.2, 0) is 10.1 Å². The average Bonchev–Trinajstić information content (AvgIpc) is 2.85. The summed E-state index contributed by atoms with van der Waals surface area (Å²) in [5.74, 6) is 2.95. The van der Waals surface area contributed by atoms with Gasteiger partial charge in [-0.1, -0.05) is 42.0 Å². The van der Waals surface area contributed by atoms with E-state index in [1.165, 1.54) is 12.1 Å².